The van der Waals surface area contributed by atoms with Gasteiger partial charge in [0, 0.05) is 60.0 Å². The summed E-state index contributed by atoms with van der Waals surface area (Å²) in [5, 5.41) is 31.5. The van der Waals surface area contributed by atoms with E-state index in [1.807, 2.05) is 149 Å². The monoisotopic (exact) mass is 1740 g/mol. The van der Waals surface area contributed by atoms with E-state index in [1.165, 1.54) is 62.2 Å². The topological polar surface area (TPSA) is 419 Å². The fraction of sp³-hybridized carbons (Fsp3) is 0.167. The lowest BCUT2D eigenvalue weighted by atomic mass is 10.0. The minimum absolute atomic E-state index is 0.0149. The Morgan fingerprint density at radius 3 is 1.06 bits per heavy atom. The van der Waals surface area contributed by atoms with E-state index in [2.05, 4.69) is 43.3 Å². The Bertz CT molecular complexity index is 6660. The van der Waals surface area contributed by atoms with Crippen molar-refractivity contribution in [2.75, 3.05) is 21.3 Å². The Kier molecular flexibility index (Phi) is 33.2. The standard InChI is InChI=1S/C18H13F3N2O7S.C17H14N2O5.C17H14N2O4.2C17H14N2O3.2C2H6/c1-28-17(25)13-14(30-31(26,27)18(19,20)21)12-8-5-9-22-15(12)23(16(13)24)29-10-11-6-3-2-4-7-11;1-23-17(22)13-14(20)12-8-5-9-18-15(12)19(16(13)21)24-10-11-6-3-2-4-7-11;1-22-17(21)14-10-13-8-5-9-18-15(13)19(16(14)20)23-11-12-6-3-2-4-7-12;2*20-15(9-8-12-5-2-1-3-6-12)14-11-13-7-4-10-18-16(13)19(22)17(14)21;2*1-2/h2-9H,10H2,1H3;2-9,20H,10H2,1H3;2-10H,11H2,1H3;2*1-7,10-11,22H,8-9H2;2*1-2H3. The third-order valence-electron chi connectivity index (χ3n) is 17.8. The number of nitrogens with zero attached hydrogens (tertiary/aromatic N) is 10. The Hall–Kier alpha value is -16.0. The molecule has 0 spiro atoms. The molecule has 36 heteroatoms. The van der Waals surface area contributed by atoms with Gasteiger partial charge in [-0.3, -0.25) is 33.6 Å². The number of carbonyl (C=O) groups is 5. The number of aromatic nitrogens is 10. The smallest absolute Gasteiger partial charge is 0.506 e. The van der Waals surface area contributed by atoms with Crippen LogP contribution in [0.4, 0.5) is 13.2 Å². The number of Topliss-reactive ketones (excluding diaryl/α,β-unsaturated/α-hetero) is 2. The van der Waals surface area contributed by atoms with Crippen LogP contribution in [0, 0.1) is 0 Å². The molecular formula is C90H81F3N10O22S. The van der Waals surface area contributed by atoms with E-state index >= 15 is 0 Å². The summed E-state index contributed by atoms with van der Waals surface area (Å²) >= 11 is 0. The molecule has 0 unspecified atom stereocenters. The van der Waals surface area contributed by atoms with E-state index in [0.717, 1.165) is 52.0 Å². The van der Waals surface area contributed by atoms with E-state index in [9.17, 15) is 85.1 Å². The normalized spacial score (nSPS) is 10.7. The number of aryl methyl sites for hydroxylation is 2. The van der Waals surface area contributed by atoms with Gasteiger partial charge in [-0.1, -0.05) is 179 Å². The second-order valence-corrected chi connectivity index (χ2v) is 27.2. The van der Waals surface area contributed by atoms with Gasteiger partial charge in [0.2, 0.25) is 0 Å². The number of halogens is 3. The van der Waals surface area contributed by atoms with Gasteiger partial charge in [-0.25, -0.2) is 39.3 Å². The van der Waals surface area contributed by atoms with Gasteiger partial charge in [0.05, 0.1) is 43.2 Å². The zero-order chi connectivity index (χ0) is 91.2. The Balaban J connectivity index is 0.000000177. The number of pyridine rings is 10. The molecule has 15 rings (SSSR count). The maximum atomic E-state index is 12.9. The van der Waals surface area contributed by atoms with Crippen molar-refractivity contribution >= 4 is 94.8 Å². The molecular weight excluding hydrogens is 1660 g/mol. The van der Waals surface area contributed by atoms with Gasteiger partial charge in [-0.2, -0.15) is 21.6 Å². The van der Waals surface area contributed by atoms with E-state index in [-0.39, 0.29) is 88.9 Å². The quantitative estimate of drug-likeness (QED) is 0.0142. The molecule has 0 aliphatic rings. The van der Waals surface area contributed by atoms with Crippen molar-refractivity contribution in [2.24, 2.45) is 0 Å². The zero-order valence-electron chi connectivity index (χ0n) is 68.4. The molecule has 10 heterocycles. The lowest BCUT2D eigenvalue weighted by molar-refractivity contribution is -0.0500. The minimum Gasteiger partial charge on any atom is -0.506 e. The fourth-order valence-electron chi connectivity index (χ4n) is 11.8. The van der Waals surface area contributed by atoms with Crippen LogP contribution in [0.25, 0.3) is 55.2 Å². The third kappa shape index (κ3) is 23.0. The highest BCUT2D eigenvalue weighted by molar-refractivity contribution is 7.88. The summed E-state index contributed by atoms with van der Waals surface area (Å²) in [6, 6.07) is 66.4. The summed E-state index contributed by atoms with van der Waals surface area (Å²) in [5.74, 6) is -5.31. The SMILES string of the molecule is CC.CC.COC(=O)c1c(O)c2cccnc2n(OCc2ccccc2)c1=O.COC(=O)c1c(OS(=O)(=O)C(F)(F)F)c2cccnc2n(OCc2ccccc2)c1=O.COC(=O)c1cc2cccnc2n(OCc2ccccc2)c1=O.O=C(CCc1ccccc1)c1cc2cccnc2n(O)c1=O.O=C(CCc1ccccc1)c1cc2cccnc2n(O)c1=O. The molecule has 0 amide bonds. The van der Waals surface area contributed by atoms with Gasteiger partial charge in [0.15, 0.2) is 56.7 Å². The molecule has 0 bridgehead atoms. The number of methoxy groups -OCH3 is 3. The molecule has 0 saturated heterocycles. The summed E-state index contributed by atoms with van der Waals surface area (Å²) in [7, 11) is -3.01. The second kappa shape index (κ2) is 44.5. The highest BCUT2D eigenvalue weighted by Gasteiger charge is 2.50. The molecule has 0 aliphatic carbocycles. The van der Waals surface area contributed by atoms with Crippen molar-refractivity contribution in [1.82, 2.24) is 48.6 Å². The highest BCUT2D eigenvalue weighted by atomic mass is 32.2. The number of alkyl halides is 3. The summed E-state index contributed by atoms with van der Waals surface area (Å²) in [6.07, 6.45) is 8.69. The van der Waals surface area contributed by atoms with Gasteiger partial charge in [0.25, 0.3) is 16.7 Å². The van der Waals surface area contributed by atoms with Crippen LogP contribution in [0.3, 0.4) is 0 Å². The number of rotatable bonds is 22. The molecule has 15 aromatic rings. The van der Waals surface area contributed by atoms with Crippen molar-refractivity contribution in [3.8, 4) is 11.5 Å². The summed E-state index contributed by atoms with van der Waals surface area (Å²) in [6.45, 7) is 8.10. The van der Waals surface area contributed by atoms with Crippen LogP contribution in [0.1, 0.15) is 120 Å². The molecule has 0 saturated carbocycles. The number of hydrogen-bond donors (Lipinski definition) is 3. The molecule has 32 nitrogen and oxygen atoms in total. The molecule has 0 fully saturated rings. The number of benzene rings is 5. The van der Waals surface area contributed by atoms with Crippen LogP contribution in [-0.4, -0.2) is 129 Å². The number of ketones is 2. The van der Waals surface area contributed by atoms with Crippen molar-refractivity contribution in [2.45, 2.75) is 78.7 Å². The fourth-order valence-corrected chi connectivity index (χ4v) is 12.2. The molecule has 10 aromatic heterocycles. The maximum absolute atomic E-state index is 12.9. The van der Waals surface area contributed by atoms with E-state index in [0.29, 0.717) is 54.4 Å². The van der Waals surface area contributed by atoms with Crippen LogP contribution in [0.2, 0.25) is 0 Å². The average Bonchev–Trinajstić information content (AvgIpc) is 0.762. The van der Waals surface area contributed by atoms with E-state index < -0.39 is 89.3 Å². The highest BCUT2D eigenvalue weighted by Crippen LogP contribution is 2.34. The predicted molar refractivity (Wildman–Crippen MR) is 457 cm³/mol. The molecule has 0 aliphatic heterocycles. The minimum atomic E-state index is -6.22. The Morgan fingerprint density at radius 1 is 0.373 bits per heavy atom. The zero-order valence-corrected chi connectivity index (χ0v) is 69.2. The lowest BCUT2D eigenvalue weighted by Gasteiger charge is -2.17. The van der Waals surface area contributed by atoms with Gasteiger partial charge in [0.1, 0.15) is 31.1 Å². The molecule has 0 radical (unpaired) electrons. The van der Waals surface area contributed by atoms with Gasteiger partial charge >= 0.3 is 44.7 Å². The third-order valence-corrected chi connectivity index (χ3v) is 18.7. The largest absolute Gasteiger partial charge is 0.534 e. The molecule has 0 atom stereocenters. The first kappa shape index (κ1) is 93.9. The second-order valence-electron chi connectivity index (χ2n) is 25.7. The molecule has 5 aromatic carbocycles. The first-order chi connectivity index (χ1) is 60.7. The van der Waals surface area contributed by atoms with Crippen LogP contribution in [-0.2, 0) is 57.0 Å². The molecule has 650 valence electrons. The van der Waals surface area contributed by atoms with Gasteiger partial charge < -0.3 is 48.4 Å². The van der Waals surface area contributed by atoms with Crippen LogP contribution in [0.5, 0.6) is 11.5 Å². The first-order valence-corrected chi connectivity index (χ1v) is 39.7. The van der Waals surface area contributed by atoms with E-state index in [1.54, 1.807) is 79.0 Å². The number of hydrogen-bond acceptors (Lipinski definition) is 27. The van der Waals surface area contributed by atoms with Crippen molar-refractivity contribution in [3.63, 3.8) is 0 Å². The first-order valence-electron chi connectivity index (χ1n) is 38.3. The Labute approximate surface area is 714 Å². The van der Waals surface area contributed by atoms with E-state index in [4.69, 9.17) is 14.5 Å². The van der Waals surface area contributed by atoms with Gasteiger partial charge in [-0.15, -0.1) is 23.7 Å². The predicted octanol–water partition coefficient (Wildman–Crippen LogP) is 12.3. The average molecular weight is 1740 g/mol. The summed E-state index contributed by atoms with van der Waals surface area (Å²) in [5.41, 5.74) is -6.96. The number of aromatic hydroxyl groups is 1. The number of ether oxygens (including phenoxy) is 3. The summed E-state index contributed by atoms with van der Waals surface area (Å²) in [4.78, 5) is 159. The van der Waals surface area contributed by atoms with Crippen molar-refractivity contribution in [3.05, 3.63) is 369 Å². The molecule has 3 N–H and O–H groups in total. The number of esters is 3. The van der Waals surface area contributed by atoms with Crippen molar-refractivity contribution < 1.29 is 94.0 Å². The maximum Gasteiger partial charge on any atom is 0.534 e. The van der Waals surface area contributed by atoms with Crippen LogP contribution >= 0.6 is 0 Å². The summed E-state index contributed by atoms with van der Waals surface area (Å²) < 4.78 is 83.0. The Morgan fingerprint density at radius 2 is 0.683 bits per heavy atom. The number of carbonyl (C=O) groups excluding carboxylic acids is 5. The molecule has 126 heavy (non-hydrogen) atoms. The number of fused-ring (bicyclic) bond motifs is 5. The van der Waals surface area contributed by atoms with Gasteiger partial charge in [-0.05, 0) is 120 Å². The van der Waals surface area contributed by atoms with Crippen molar-refractivity contribution in [1.29, 1.82) is 0 Å². The van der Waals surface area contributed by atoms with Crippen LogP contribution in [0.15, 0.2) is 285 Å². The van der Waals surface area contributed by atoms with Crippen LogP contribution < -0.4 is 46.5 Å². The lowest BCUT2D eigenvalue weighted by Crippen LogP contribution is -2.35.